The fraction of sp³-hybridized carbons (Fsp3) is 0.300. The van der Waals surface area contributed by atoms with Gasteiger partial charge in [-0.25, -0.2) is 8.78 Å². The number of nitrogens with one attached hydrogen (secondary N) is 1. The number of halogens is 3. The van der Waals surface area contributed by atoms with Crippen molar-refractivity contribution in [3.8, 4) is 0 Å². The van der Waals surface area contributed by atoms with E-state index in [9.17, 15) is 13.6 Å². The van der Waals surface area contributed by atoms with Gasteiger partial charge in [0.25, 0.3) is 0 Å². The van der Waals surface area contributed by atoms with Crippen LogP contribution in [0.1, 0.15) is 11.7 Å². The molecule has 1 fully saturated rings. The van der Waals surface area contributed by atoms with Crippen molar-refractivity contribution in [1.82, 2.24) is 5.32 Å². The van der Waals surface area contributed by atoms with Gasteiger partial charge >= 0.3 is 0 Å². The second-order valence-electron chi connectivity index (χ2n) is 3.39. The summed E-state index contributed by atoms with van der Waals surface area (Å²) >= 11 is 2.97. The molecule has 0 aliphatic carbocycles. The van der Waals surface area contributed by atoms with Gasteiger partial charge in [-0.3, -0.25) is 4.79 Å². The van der Waals surface area contributed by atoms with Crippen LogP contribution in [0.3, 0.4) is 0 Å². The minimum absolute atomic E-state index is 0.112. The van der Waals surface area contributed by atoms with Crippen LogP contribution in [0.15, 0.2) is 16.6 Å². The molecule has 0 radical (unpaired) electrons. The Labute approximate surface area is 98.9 Å². The Morgan fingerprint density at radius 3 is 2.75 bits per heavy atom. The standard InChI is InChI=1S/C10H8BrF2NO2/c11-6-1-5(7(12)2-8(6)13)9-3-14-10(15)4-16-9/h1-2,9H,3-4H2,(H,14,15)/t9-/m0/s1. The monoisotopic (exact) mass is 291 g/mol. The summed E-state index contributed by atoms with van der Waals surface area (Å²) in [5.41, 5.74) is 0.230. The summed E-state index contributed by atoms with van der Waals surface area (Å²) in [7, 11) is 0. The lowest BCUT2D eigenvalue weighted by Gasteiger charge is -2.24. The zero-order valence-electron chi connectivity index (χ0n) is 8.10. The molecule has 1 amide bonds. The van der Waals surface area contributed by atoms with E-state index in [4.69, 9.17) is 4.74 Å². The number of hydrogen-bond donors (Lipinski definition) is 1. The zero-order chi connectivity index (χ0) is 11.7. The van der Waals surface area contributed by atoms with Crippen molar-refractivity contribution < 1.29 is 18.3 Å². The largest absolute Gasteiger partial charge is 0.362 e. The molecule has 6 heteroatoms. The summed E-state index contributed by atoms with van der Waals surface area (Å²) in [5.74, 6) is -1.58. The molecule has 0 aromatic heterocycles. The second-order valence-corrected chi connectivity index (χ2v) is 4.25. The third kappa shape index (κ3) is 2.22. The lowest BCUT2D eigenvalue weighted by Crippen LogP contribution is -2.39. The van der Waals surface area contributed by atoms with Gasteiger partial charge in [-0.2, -0.15) is 0 Å². The SMILES string of the molecule is O=C1CO[C@H](c2cc(Br)c(F)cc2F)CN1. The van der Waals surface area contributed by atoms with Gasteiger partial charge < -0.3 is 10.1 Å². The van der Waals surface area contributed by atoms with Gasteiger partial charge in [0, 0.05) is 18.2 Å². The van der Waals surface area contributed by atoms with Gasteiger partial charge in [-0.1, -0.05) is 0 Å². The molecule has 1 saturated heterocycles. The molecular formula is C10H8BrF2NO2. The molecule has 1 heterocycles. The molecule has 0 bridgehead atoms. The van der Waals surface area contributed by atoms with Crippen molar-refractivity contribution in [3.63, 3.8) is 0 Å². The van der Waals surface area contributed by atoms with E-state index in [1.807, 2.05) is 0 Å². The molecular weight excluding hydrogens is 284 g/mol. The average Bonchev–Trinajstić information content (AvgIpc) is 2.25. The van der Waals surface area contributed by atoms with Crippen LogP contribution >= 0.6 is 15.9 Å². The smallest absolute Gasteiger partial charge is 0.246 e. The van der Waals surface area contributed by atoms with Crippen LogP contribution in [0.4, 0.5) is 8.78 Å². The van der Waals surface area contributed by atoms with Crippen LogP contribution in [-0.4, -0.2) is 19.1 Å². The summed E-state index contributed by atoms with van der Waals surface area (Å²) in [6, 6.07) is 2.12. The highest BCUT2D eigenvalue weighted by Gasteiger charge is 2.23. The maximum atomic E-state index is 13.5. The van der Waals surface area contributed by atoms with E-state index in [0.29, 0.717) is 0 Å². The van der Waals surface area contributed by atoms with Crippen LogP contribution in [0.5, 0.6) is 0 Å². The highest BCUT2D eigenvalue weighted by molar-refractivity contribution is 9.10. The van der Waals surface area contributed by atoms with Crippen molar-refractivity contribution in [2.45, 2.75) is 6.10 Å². The number of benzene rings is 1. The Morgan fingerprint density at radius 1 is 1.38 bits per heavy atom. The van der Waals surface area contributed by atoms with E-state index >= 15 is 0 Å². The Bertz CT molecular complexity index is 429. The minimum Gasteiger partial charge on any atom is -0.362 e. The molecule has 0 saturated carbocycles. The molecule has 1 aromatic carbocycles. The van der Waals surface area contributed by atoms with Gasteiger partial charge in [0.05, 0.1) is 4.47 Å². The van der Waals surface area contributed by atoms with Crippen molar-refractivity contribution in [2.75, 3.05) is 13.2 Å². The Morgan fingerprint density at radius 2 is 2.12 bits per heavy atom. The molecule has 1 aliphatic rings. The van der Waals surface area contributed by atoms with Crippen LogP contribution in [0, 0.1) is 11.6 Å². The highest BCUT2D eigenvalue weighted by Crippen LogP contribution is 2.27. The lowest BCUT2D eigenvalue weighted by atomic mass is 10.1. The van der Waals surface area contributed by atoms with Gasteiger partial charge in [-0.05, 0) is 22.0 Å². The summed E-state index contributed by atoms with van der Waals surface area (Å²) in [4.78, 5) is 10.8. The van der Waals surface area contributed by atoms with E-state index in [1.54, 1.807) is 0 Å². The van der Waals surface area contributed by atoms with Gasteiger partial charge in [0.1, 0.15) is 24.3 Å². The van der Waals surface area contributed by atoms with Crippen LogP contribution < -0.4 is 5.32 Å². The number of rotatable bonds is 1. The second kappa shape index (κ2) is 4.47. The van der Waals surface area contributed by atoms with Crippen molar-refractivity contribution in [3.05, 3.63) is 33.8 Å². The Balaban J connectivity index is 2.26. The molecule has 1 atom stereocenters. The quantitative estimate of drug-likeness (QED) is 0.803. The summed E-state index contributed by atoms with van der Waals surface area (Å²) in [6.07, 6.45) is -0.574. The molecule has 1 N–H and O–H groups in total. The number of hydrogen-bond acceptors (Lipinski definition) is 2. The normalized spacial score (nSPS) is 20.7. The van der Waals surface area contributed by atoms with Gasteiger partial charge in [-0.15, -0.1) is 0 Å². The van der Waals surface area contributed by atoms with E-state index in [0.717, 1.165) is 6.07 Å². The molecule has 2 rings (SSSR count). The van der Waals surface area contributed by atoms with E-state index in [-0.39, 0.29) is 29.1 Å². The van der Waals surface area contributed by atoms with Gasteiger partial charge in [0.2, 0.25) is 5.91 Å². The fourth-order valence-corrected chi connectivity index (χ4v) is 1.84. The number of carbonyl (C=O) groups is 1. The van der Waals surface area contributed by atoms with Crippen molar-refractivity contribution in [2.24, 2.45) is 0 Å². The van der Waals surface area contributed by atoms with E-state index < -0.39 is 17.7 Å². The van der Waals surface area contributed by atoms with Crippen molar-refractivity contribution >= 4 is 21.8 Å². The van der Waals surface area contributed by atoms with Gasteiger partial charge in [0.15, 0.2) is 0 Å². The first-order chi connectivity index (χ1) is 7.58. The van der Waals surface area contributed by atoms with Crippen molar-refractivity contribution in [1.29, 1.82) is 0 Å². The van der Waals surface area contributed by atoms with E-state index in [2.05, 4.69) is 21.2 Å². The Hall–Kier alpha value is -1.01. The Kier molecular flexibility index (Phi) is 3.20. The predicted octanol–water partition coefficient (Wildman–Crippen LogP) is 1.91. The maximum Gasteiger partial charge on any atom is 0.246 e. The molecule has 1 aromatic rings. The first-order valence-electron chi connectivity index (χ1n) is 4.60. The number of morpholine rings is 1. The summed E-state index contributed by atoms with van der Waals surface area (Å²) in [5, 5.41) is 2.55. The topological polar surface area (TPSA) is 38.3 Å². The molecule has 0 spiro atoms. The molecule has 1 aliphatic heterocycles. The third-order valence-corrected chi connectivity index (χ3v) is 2.89. The fourth-order valence-electron chi connectivity index (χ4n) is 1.48. The molecule has 0 unspecified atom stereocenters. The minimum atomic E-state index is -0.679. The van der Waals surface area contributed by atoms with Crippen LogP contribution in [0.2, 0.25) is 0 Å². The number of ether oxygens (including phenoxy) is 1. The first kappa shape index (κ1) is 11.5. The van der Waals surface area contributed by atoms with E-state index in [1.165, 1.54) is 6.07 Å². The first-order valence-corrected chi connectivity index (χ1v) is 5.40. The average molecular weight is 292 g/mol. The summed E-state index contributed by atoms with van der Waals surface area (Å²) < 4.78 is 31.8. The predicted molar refractivity (Wildman–Crippen MR) is 55.8 cm³/mol. The zero-order valence-corrected chi connectivity index (χ0v) is 9.68. The summed E-state index contributed by atoms with van der Waals surface area (Å²) in [6.45, 7) is 0.0763. The van der Waals surface area contributed by atoms with Crippen LogP contribution in [-0.2, 0) is 9.53 Å². The molecule has 3 nitrogen and oxygen atoms in total. The number of amides is 1. The van der Waals surface area contributed by atoms with Crippen LogP contribution in [0.25, 0.3) is 0 Å². The maximum absolute atomic E-state index is 13.5. The third-order valence-electron chi connectivity index (χ3n) is 2.29. The highest BCUT2D eigenvalue weighted by atomic mass is 79.9. The molecule has 86 valence electrons. The number of carbonyl (C=O) groups excluding carboxylic acids is 1. The molecule has 16 heavy (non-hydrogen) atoms. The lowest BCUT2D eigenvalue weighted by molar-refractivity contribution is -0.133.